The molecular weight excluding hydrogens is 288 g/mol. The number of aromatic carboxylic acids is 1. The van der Waals surface area contributed by atoms with Gasteiger partial charge in [-0.25, -0.2) is 13.6 Å². The van der Waals surface area contributed by atoms with E-state index < -0.39 is 45.3 Å². The number of rotatable bonds is 4. The Morgan fingerprint density at radius 3 is 2.48 bits per heavy atom. The van der Waals surface area contributed by atoms with Gasteiger partial charge in [0.2, 0.25) is 5.75 Å². The van der Waals surface area contributed by atoms with Crippen LogP contribution in [0.1, 0.15) is 10.4 Å². The fourth-order valence-corrected chi connectivity index (χ4v) is 1.64. The summed E-state index contributed by atoms with van der Waals surface area (Å²) in [5, 5.41) is 19.9. The van der Waals surface area contributed by atoms with Crippen LogP contribution in [-0.2, 0) is 0 Å². The lowest BCUT2D eigenvalue weighted by Crippen LogP contribution is -2.04. The molecule has 8 heteroatoms. The molecule has 0 saturated heterocycles. The minimum Gasteiger partial charge on any atom is -0.477 e. The average Bonchev–Trinajstić information content (AvgIpc) is 2.41. The molecule has 0 spiro atoms. The third kappa shape index (κ3) is 2.94. The van der Waals surface area contributed by atoms with Gasteiger partial charge in [-0.1, -0.05) is 6.07 Å². The predicted molar refractivity (Wildman–Crippen MR) is 66.5 cm³/mol. The Hall–Kier alpha value is -3.03. The zero-order chi connectivity index (χ0) is 15.6. The summed E-state index contributed by atoms with van der Waals surface area (Å²) in [4.78, 5) is 21.0. The maximum atomic E-state index is 13.5. The van der Waals surface area contributed by atoms with E-state index in [9.17, 15) is 23.7 Å². The summed E-state index contributed by atoms with van der Waals surface area (Å²) in [5.74, 6) is -4.34. The Balaban J connectivity index is 2.51. The molecule has 0 aliphatic carbocycles. The molecule has 0 aliphatic heterocycles. The van der Waals surface area contributed by atoms with E-state index in [-0.39, 0.29) is 0 Å². The first-order valence-corrected chi connectivity index (χ1v) is 5.53. The van der Waals surface area contributed by atoms with Crippen LogP contribution in [0, 0.1) is 21.7 Å². The Labute approximate surface area is 116 Å². The van der Waals surface area contributed by atoms with Gasteiger partial charge < -0.3 is 9.84 Å². The van der Waals surface area contributed by atoms with Gasteiger partial charge in [-0.3, -0.25) is 10.1 Å². The molecule has 0 heterocycles. The number of hydrogen-bond donors (Lipinski definition) is 1. The topological polar surface area (TPSA) is 89.7 Å². The van der Waals surface area contributed by atoms with Crippen molar-refractivity contribution in [3.05, 3.63) is 63.7 Å². The van der Waals surface area contributed by atoms with E-state index in [0.717, 1.165) is 24.3 Å². The molecule has 0 fully saturated rings. The summed E-state index contributed by atoms with van der Waals surface area (Å²) in [6.45, 7) is 0. The predicted octanol–water partition coefficient (Wildman–Crippen LogP) is 3.36. The quantitative estimate of drug-likeness (QED) is 0.690. The van der Waals surface area contributed by atoms with Gasteiger partial charge in [0, 0.05) is 6.07 Å². The van der Waals surface area contributed by atoms with Crippen LogP contribution in [0.5, 0.6) is 11.5 Å². The number of carboxylic acid groups (broad SMARTS) is 1. The van der Waals surface area contributed by atoms with Gasteiger partial charge in [0.15, 0.2) is 11.6 Å². The number of carboxylic acids is 1. The molecule has 0 saturated carbocycles. The lowest BCUT2D eigenvalue weighted by Gasteiger charge is -2.08. The fraction of sp³-hybridized carbons (Fsp3) is 0. The number of nitro benzene ring substituents is 1. The third-order valence-electron chi connectivity index (χ3n) is 2.53. The molecule has 2 aromatic rings. The number of benzene rings is 2. The van der Waals surface area contributed by atoms with Crippen molar-refractivity contribution in [2.75, 3.05) is 0 Å². The van der Waals surface area contributed by atoms with Crippen LogP contribution in [0.2, 0.25) is 0 Å². The van der Waals surface area contributed by atoms with Gasteiger partial charge in [0.25, 0.3) is 0 Å². The second kappa shape index (κ2) is 5.53. The summed E-state index contributed by atoms with van der Waals surface area (Å²) < 4.78 is 31.3. The maximum Gasteiger partial charge on any atom is 0.342 e. The molecule has 0 bridgehead atoms. The minimum atomic E-state index is -1.52. The number of para-hydroxylation sites is 1. The highest BCUT2D eigenvalue weighted by atomic mass is 19.1. The fourth-order valence-electron chi connectivity index (χ4n) is 1.64. The van der Waals surface area contributed by atoms with Gasteiger partial charge in [0.1, 0.15) is 11.4 Å². The van der Waals surface area contributed by atoms with Crippen LogP contribution in [0.3, 0.4) is 0 Å². The van der Waals surface area contributed by atoms with Crippen molar-refractivity contribution >= 4 is 11.7 Å². The molecule has 0 amide bonds. The van der Waals surface area contributed by atoms with Crippen LogP contribution in [0.15, 0.2) is 36.4 Å². The van der Waals surface area contributed by atoms with Crippen LogP contribution in [-0.4, -0.2) is 16.0 Å². The third-order valence-corrected chi connectivity index (χ3v) is 2.53. The smallest absolute Gasteiger partial charge is 0.342 e. The Morgan fingerprint density at radius 1 is 1.19 bits per heavy atom. The van der Waals surface area contributed by atoms with Crippen molar-refractivity contribution in [2.45, 2.75) is 0 Å². The highest BCUT2D eigenvalue weighted by Crippen LogP contribution is 2.35. The monoisotopic (exact) mass is 295 g/mol. The number of nitro groups is 1. The maximum absolute atomic E-state index is 13.5. The summed E-state index contributed by atoms with van der Waals surface area (Å²) in [5.41, 5.74) is -1.41. The van der Waals surface area contributed by atoms with Crippen molar-refractivity contribution in [1.29, 1.82) is 0 Å². The van der Waals surface area contributed by atoms with Gasteiger partial charge in [-0.2, -0.15) is 0 Å². The van der Waals surface area contributed by atoms with Crippen LogP contribution in [0.4, 0.5) is 14.5 Å². The van der Waals surface area contributed by atoms with Crippen molar-refractivity contribution in [2.24, 2.45) is 0 Å². The lowest BCUT2D eigenvalue weighted by molar-refractivity contribution is -0.386. The SMILES string of the molecule is O=C(O)c1cccc(Oc2ccc(F)cc2F)c1[N+](=O)[O-]. The molecule has 2 rings (SSSR count). The Morgan fingerprint density at radius 2 is 1.90 bits per heavy atom. The van der Waals surface area contributed by atoms with Gasteiger partial charge in [-0.05, 0) is 24.3 Å². The standard InChI is InChI=1S/C13H7F2NO5/c14-7-4-5-10(9(15)6-7)21-11-3-1-2-8(13(17)18)12(11)16(19)20/h1-6H,(H,17,18). The molecule has 0 atom stereocenters. The average molecular weight is 295 g/mol. The molecular formula is C13H7F2NO5. The largest absolute Gasteiger partial charge is 0.477 e. The molecule has 6 nitrogen and oxygen atoms in total. The van der Waals surface area contributed by atoms with E-state index in [1.165, 1.54) is 6.07 Å². The van der Waals surface area contributed by atoms with Crippen molar-refractivity contribution in [3.8, 4) is 11.5 Å². The highest BCUT2D eigenvalue weighted by molar-refractivity contribution is 5.93. The zero-order valence-electron chi connectivity index (χ0n) is 10.2. The first-order chi connectivity index (χ1) is 9.90. The van der Waals surface area contributed by atoms with Gasteiger partial charge >= 0.3 is 11.7 Å². The number of hydrogen-bond acceptors (Lipinski definition) is 4. The Kier molecular flexibility index (Phi) is 3.79. The molecule has 1 N–H and O–H groups in total. The summed E-state index contributed by atoms with van der Waals surface area (Å²) in [6.07, 6.45) is 0. The normalized spacial score (nSPS) is 10.2. The lowest BCUT2D eigenvalue weighted by atomic mass is 10.1. The van der Waals surface area contributed by atoms with Crippen molar-refractivity contribution in [1.82, 2.24) is 0 Å². The second-order valence-electron chi connectivity index (χ2n) is 3.89. The molecule has 0 radical (unpaired) electrons. The van der Waals surface area contributed by atoms with Gasteiger partial charge in [-0.15, -0.1) is 0 Å². The van der Waals surface area contributed by atoms with E-state index in [1.807, 2.05) is 0 Å². The molecule has 2 aromatic carbocycles. The molecule has 0 aromatic heterocycles. The number of halogens is 2. The second-order valence-corrected chi connectivity index (χ2v) is 3.89. The molecule has 108 valence electrons. The van der Waals surface area contributed by atoms with E-state index in [4.69, 9.17) is 9.84 Å². The Bertz CT molecular complexity index is 732. The summed E-state index contributed by atoms with van der Waals surface area (Å²) in [6, 6.07) is 5.75. The van der Waals surface area contributed by atoms with E-state index >= 15 is 0 Å². The summed E-state index contributed by atoms with van der Waals surface area (Å²) in [7, 11) is 0. The van der Waals surface area contributed by atoms with Crippen LogP contribution >= 0.6 is 0 Å². The van der Waals surface area contributed by atoms with Crippen molar-refractivity contribution in [3.63, 3.8) is 0 Å². The van der Waals surface area contributed by atoms with Gasteiger partial charge in [0.05, 0.1) is 4.92 Å². The number of carbonyl (C=O) groups is 1. The molecule has 21 heavy (non-hydrogen) atoms. The number of nitrogens with zero attached hydrogens (tertiary/aromatic N) is 1. The number of ether oxygens (including phenoxy) is 1. The highest BCUT2D eigenvalue weighted by Gasteiger charge is 2.26. The first kappa shape index (κ1) is 14.4. The van der Waals surface area contributed by atoms with E-state index in [0.29, 0.717) is 6.07 Å². The molecule has 0 unspecified atom stereocenters. The summed E-state index contributed by atoms with van der Waals surface area (Å²) >= 11 is 0. The van der Waals surface area contributed by atoms with Crippen LogP contribution < -0.4 is 4.74 Å². The van der Waals surface area contributed by atoms with E-state index in [2.05, 4.69) is 0 Å². The van der Waals surface area contributed by atoms with Crippen LogP contribution in [0.25, 0.3) is 0 Å². The zero-order valence-corrected chi connectivity index (χ0v) is 10.2. The molecule has 0 aliphatic rings. The minimum absolute atomic E-state index is 0.453. The van der Waals surface area contributed by atoms with E-state index in [1.54, 1.807) is 0 Å². The van der Waals surface area contributed by atoms with Crippen molar-refractivity contribution < 1.29 is 28.3 Å². The first-order valence-electron chi connectivity index (χ1n) is 5.53.